The van der Waals surface area contributed by atoms with Crippen LogP contribution in [0, 0.1) is 52.8 Å². The van der Waals surface area contributed by atoms with Crippen LogP contribution in [0.15, 0.2) is 91.0 Å². The Morgan fingerprint density at radius 2 is 0.897 bits per heavy atom. The number of hydrogen-bond donors (Lipinski definition) is 0. The molecule has 0 saturated carbocycles. The van der Waals surface area contributed by atoms with E-state index in [1.54, 1.807) is 0 Å². The second kappa shape index (κ2) is 16.7. The molecule has 0 amide bonds. The summed E-state index contributed by atoms with van der Waals surface area (Å²) in [6.07, 6.45) is 0. The van der Waals surface area contributed by atoms with Crippen LogP contribution in [0.2, 0.25) is 0 Å². The van der Waals surface area contributed by atoms with Crippen LogP contribution in [0.25, 0.3) is 0 Å². The molecule has 0 bridgehead atoms. The fraction of sp³-hybridized carbons (Fsp3) is 0.179. The molecule has 0 heterocycles. The van der Waals surface area contributed by atoms with Gasteiger partial charge >= 0.3 is 21.7 Å². The maximum absolute atomic E-state index is 3.35. The van der Waals surface area contributed by atoms with E-state index in [9.17, 15) is 0 Å². The maximum atomic E-state index is 3.35. The Labute approximate surface area is 192 Å². The average molecular weight is 414 g/mol. The summed E-state index contributed by atoms with van der Waals surface area (Å²) in [6.45, 7) is 10.7. The molecule has 0 N–H and O–H groups in total. The van der Waals surface area contributed by atoms with Crippen molar-refractivity contribution in [3.8, 4) is 0 Å². The van der Waals surface area contributed by atoms with Crippen LogP contribution in [0.1, 0.15) is 27.8 Å². The molecule has 0 saturated heterocycles. The number of hydrogen-bond acceptors (Lipinski definition) is 0. The molecular weight excluding hydrogens is 384 g/mol. The van der Waals surface area contributed by atoms with E-state index in [0.29, 0.717) is 0 Å². The molecule has 0 unspecified atom stereocenters. The molecule has 0 aromatic heterocycles. The van der Waals surface area contributed by atoms with Crippen LogP contribution in [0.5, 0.6) is 0 Å². The van der Waals surface area contributed by atoms with Gasteiger partial charge in [-0.05, 0) is 0 Å². The summed E-state index contributed by atoms with van der Waals surface area (Å²) >= 11 is 0. The molecule has 0 nitrogen and oxygen atoms in total. The fourth-order valence-electron chi connectivity index (χ4n) is 2.32. The predicted octanol–water partition coefficient (Wildman–Crippen LogP) is 7.41. The largest absolute Gasteiger partial charge is 4.00 e. The summed E-state index contributed by atoms with van der Waals surface area (Å²) < 4.78 is 0. The normalized spacial score (nSPS) is 8.59. The summed E-state index contributed by atoms with van der Waals surface area (Å²) in [5, 5.41) is 0. The van der Waals surface area contributed by atoms with Gasteiger partial charge in [0.15, 0.2) is 0 Å². The van der Waals surface area contributed by atoms with Crippen LogP contribution in [-0.2, 0) is 21.7 Å². The quantitative estimate of drug-likeness (QED) is 0.208. The van der Waals surface area contributed by atoms with Crippen LogP contribution < -0.4 is 0 Å². The van der Waals surface area contributed by atoms with E-state index in [-0.39, 0.29) is 21.7 Å². The van der Waals surface area contributed by atoms with E-state index in [0.717, 1.165) is 0 Å². The van der Waals surface area contributed by atoms with Gasteiger partial charge in [0, 0.05) is 0 Å². The van der Waals surface area contributed by atoms with E-state index in [4.69, 9.17) is 0 Å². The Morgan fingerprint density at radius 3 is 1.10 bits per heavy atom. The first-order chi connectivity index (χ1) is 13.5. The van der Waals surface area contributed by atoms with Crippen molar-refractivity contribution < 1.29 is 21.7 Å². The molecule has 146 valence electrons. The monoisotopic (exact) mass is 414 g/mol. The van der Waals surface area contributed by atoms with Crippen LogP contribution >= 0.6 is 0 Å². The van der Waals surface area contributed by atoms with E-state index in [1.807, 2.05) is 91.0 Å². The van der Waals surface area contributed by atoms with E-state index in [2.05, 4.69) is 52.8 Å². The zero-order chi connectivity index (χ0) is 20.6. The van der Waals surface area contributed by atoms with Gasteiger partial charge in [0.25, 0.3) is 0 Å². The zero-order valence-corrected chi connectivity index (χ0v) is 19.7. The second-order valence-electron chi connectivity index (χ2n) is 6.37. The SMILES string of the molecule is Cc1[c-]c(C)c(C)c(C)c1C.[Ti+4].[c-]1ccccc1.[c-]1ccccc1.c1cc[cH-]c1. The molecule has 0 aliphatic heterocycles. The molecule has 4 rings (SSSR count). The first kappa shape index (κ1) is 26.7. The van der Waals surface area contributed by atoms with Crippen LogP contribution in [-0.4, -0.2) is 0 Å². The van der Waals surface area contributed by atoms with Crippen molar-refractivity contribution in [2.75, 3.05) is 0 Å². The molecule has 0 aliphatic rings. The van der Waals surface area contributed by atoms with Gasteiger partial charge < -0.3 is 0 Å². The van der Waals surface area contributed by atoms with Crippen molar-refractivity contribution in [1.29, 1.82) is 0 Å². The summed E-state index contributed by atoms with van der Waals surface area (Å²) in [5.74, 6) is 0. The molecule has 0 atom stereocenters. The van der Waals surface area contributed by atoms with E-state index in [1.165, 1.54) is 27.8 Å². The van der Waals surface area contributed by atoms with Gasteiger partial charge in [-0.15, -0.1) is 0 Å². The van der Waals surface area contributed by atoms with Gasteiger partial charge in [0.1, 0.15) is 0 Å². The summed E-state index contributed by atoms with van der Waals surface area (Å²) in [4.78, 5) is 0. The Morgan fingerprint density at radius 1 is 0.517 bits per heavy atom. The van der Waals surface area contributed by atoms with Crippen molar-refractivity contribution in [3.05, 3.63) is 137 Å². The third-order valence-corrected chi connectivity index (χ3v) is 4.39. The molecule has 0 aliphatic carbocycles. The fourth-order valence-corrected chi connectivity index (χ4v) is 2.32. The predicted molar refractivity (Wildman–Crippen MR) is 122 cm³/mol. The van der Waals surface area contributed by atoms with Crippen molar-refractivity contribution in [3.63, 3.8) is 0 Å². The van der Waals surface area contributed by atoms with Gasteiger partial charge in [-0.3, -0.25) is 0 Å². The minimum Gasteiger partial charge on any atom is -0.214 e. The molecule has 0 spiro atoms. The number of aryl methyl sites for hydroxylation is 2. The second-order valence-corrected chi connectivity index (χ2v) is 6.37. The molecule has 29 heavy (non-hydrogen) atoms. The van der Waals surface area contributed by atoms with Gasteiger partial charge in [-0.2, -0.15) is 125 Å². The Kier molecular flexibility index (Phi) is 15.4. The van der Waals surface area contributed by atoms with E-state index < -0.39 is 0 Å². The van der Waals surface area contributed by atoms with Gasteiger partial charge in [0.2, 0.25) is 0 Å². The van der Waals surface area contributed by atoms with Crippen molar-refractivity contribution in [2.45, 2.75) is 34.6 Å². The average Bonchev–Trinajstić information content (AvgIpc) is 3.35. The van der Waals surface area contributed by atoms with Crippen molar-refractivity contribution >= 4 is 0 Å². The van der Waals surface area contributed by atoms with Crippen molar-refractivity contribution in [2.24, 2.45) is 0 Å². The van der Waals surface area contributed by atoms with Crippen LogP contribution in [0.4, 0.5) is 0 Å². The Bertz CT molecular complexity index is 720. The third kappa shape index (κ3) is 12.0. The minimum atomic E-state index is 0. The molecule has 0 fully saturated rings. The van der Waals surface area contributed by atoms with Gasteiger partial charge in [-0.1, -0.05) is 34.6 Å². The molecule has 4 aromatic carbocycles. The first-order valence-electron chi connectivity index (χ1n) is 9.49. The number of rotatable bonds is 0. The van der Waals surface area contributed by atoms with Gasteiger partial charge in [-0.25, -0.2) is 12.1 Å². The molecule has 1 heteroatoms. The first-order valence-corrected chi connectivity index (χ1v) is 9.49. The van der Waals surface area contributed by atoms with Gasteiger partial charge in [0.05, 0.1) is 0 Å². The summed E-state index contributed by atoms with van der Waals surface area (Å²) in [6, 6.07) is 38.3. The molecule has 4 aromatic rings. The minimum absolute atomic E-state index is 0. The molecule has 0 radical (unpaired) electrons. The van der Waals surface area contributed by atoms with E-state index >= 15 is 0 Å². The maximum Gasteiger partial charge on any atom is 4.00 e. The van der Waals surface area contributed by atoms with Crippen LogP contribution in [0.3, 0.4) is 0 Å². The standard InChI is InChI=1S/C11H15.2C6H5.C5H5.Ti/c1-7-6-8(2)10(4)11(5)9(7)3;2*1-2-4-6-5-3-1;1-2-4-5-3-1;/h1-5H3;2*1-5H;1-5H;/q4*-1;+4. The smallest absolute Gasteiger partial charge is 0.214 e. The Balaban J connectivity index is 0.000000376. The van der Waals surface area contributed by atoms with Crippen molar-refractivity contribution in [1.82, 2.24) is 0 Å². The number of benzene rings is 3. The summed E-state index contributed by atoms with van der Waals surface area (Å²) in [5.41, 5.74) is 6.75. The Hall–Kier alpha value is -2.28. The summed E-state index contributed by atoms with van der Waals surface area (Å²) in [7, 11) is 0. The topological polar surface area (TPSA) is 0 Å². The molecular formula is C28H30Ti. The third-order valence-electron chi connectivity index (χ3n) is 4.39. The zero-order valence-electron chi connectivity index (χ0n) is 18.2.